The molecular formula is C13H12FN3O2. The molecule has 0 saturated carbocycles. The predicted molar refractivity (Wildman–Crippen MR) is 69.5 cm³/mol. The van der Waals surface area contributed by atoms with E-state index >= 15 is 0 Å². The molecular weight excluding hydrogens is 249 g/mol. The highest BCUT2D eigenvalue weighted by Gasteiger charge is 2.12. The van der Waals surface area contributed by atoms with E-state index in [1.807, 2.05) is 0 Å². The van der Waals surface area contributed by atoms with Gasteiger partial charge in [0.05, 0.1) is 4.92 Å². The van der Waals surface area contributed by atoms with Crippen molar-refractivity contribution in [2.45, 2.75) is 6.42 Å². The number of anilines is 1. The molecule has 1 N–H and O–H groups in total. The van der Waals surface area contributed by atoms with Crippen LogP contribution >= 0.6 is 0 Å². The summed E-state index contributed by atoms with van der Waals surface area (Å²) < 4.78 is 12.7. The molecule has 1 heterocycles. The van der Waals surface area contributed by atoms with Gasteiger partial charge in [0, 0.05) is 18.8 Å². The second kappa shape index (κ2) is 5.90. The molecule has 0 aliphatic rings. The first kappa shape index (κ1) is 12.9. The van der Waals surface area contributed by atoms with Crippen LogP contribution in [-0.2, 0) is 6.42 Å². The van der Waals surface area contributed by atoms with Crippen LogP contribution in [0, 0.1) is 15.9 Å². The average molecular weight is 261 g/mol. The highest BCUT2D eigenvalue weighted by molar-refractivity contribution is 5.55. The molecule has 2 aromatic rings. The molecule has 0 atom stereocenters. The maximum atomic E-state index is 12.7. The van der Waals surface area contributed by atoms with Gasteiger partial charge < -0.3 is 5.32 Å². The number of rotatable bonds is 5. The third kappa shape index (κ3) is 3.48. The Bertz CT molecular complexity index is 572. The topological polar surface area (TPSA) is 68.1 Å². The predicted octanol–water partition coefficient (Wildman–Crippen LogP) is 2.78. The zero-order valence-electron chi connectivity index (χ0n) is 10.0. The summed E-state index contributed by atoms with van der Waals surface area (Å²) in [4.78, 5) is 14.2. The Hall–Kier alpha value is -2.50. The van der Waals surface area contributed by atoms with E-state index in [1.54, 1.807) is 12.1 Å². The van der Waals surface area contributed by atoms with Crippen molar-refractivity contribution in [3.05, 3.63) is 64.1 Å². The van der Waals surface area contributed by atoms with Gasteiger partial charge in [-0.25, -0.2) is 9.37 Å². The van der Waals surface area contributed by atoms with Crippen molar-refractivity contribution in [1.29, 1.82) is 0 Å². The van der Waals surface area contributed by atoms with Crippen LogP contribution in [0.15, 0.2) is 42.6 Å². The van der Waals surface area contributed by atoms with Crippen LogP contribution in [-0.4, -0.2) is 16.5 Å². The van der Waals surface area contributed by atoms with Gasteiger partial charge >= 0.3 is 5.69 Å². The van der Waals surface area contributed by atoms with E-state index in [1.165, 1.54) is 30.5 Å². The van der Waals surface area contributed by atoms with Crippen LogP contribution in [0.3, 0.4) is 0 Å². The molecule has 0 aliphatic heterocycles. The molecule has 0 bridgehead atoms. The molecule has 98 valence electrons. The van der Waals surface area contributed by atoms with Crippen LogP contribution < -0.4 is 5.32 Å². The highest BCUT2D eigenvalue weighted by atomic mass is 19.1. The van der Waals surface area contributed by atoms with E-state index in [-0.39, 0.29) is 17.3 Å². The van der Waals surface area contributed by atoms with Crippen LogP contribution in [0.5, 0.6) is 0 Å². The molecule has 6 heteroatoms. The van der Waals surface area contributed by atoms with Gasteiger partial charge in [-0.1, -0.05) is 12.1 Å². The van der Waals surface area contributed by atoms with Crippen molar-refractivity contribution < 1.29 is 9.31 Å². The minimum atomic E-state index is -0.479. The second-order valence-electron chi connectivity index (χ2n) is 3.93. The molecule has 1 aromatic carbocycles. The molecule has 19 heavy (non-hydrogen) atoms. The molecule has 0 unspecified atom stereocenters. The van der Waals surface area contributed by atoms with Crippen LogP contribution in [0.25, 0.3) is 0 Å². The fraction of sp³-hybridized carbons (Fsp3) is 0.154. The first-order valence-corrected chi connectivity index (χ1v) is 5.74. The van der Waals surface area contributed by atoms with Crippen molar-refractivity contribution in [2.24, 2.45) is 0 Å². The summed E-state index contributed by atoms with van der Waals surface area (Å²) in [5.41, 5.74) is 0.897. The largest absolute Gasteiger partial charge is 0.364 e. The van der Waals surface area contributed by atoms with E-state index in [0.717, 1.165) is 5.56 Å². The number of pyridine rings is 1. The quantitative estimate of drug-likeness (QED) is 0.663. The summed E-state index contributed by atoms with van der Waals surface area (Å²) in [6.07, 6.45) is 2.13. The Kier molecular flexibility index (Phi) is 4.02. The molecule has 0 fully saturated rings. The number of hydrogen-bond donors (Lipinski definition) is 1. The molecule has 2 rings (SSSR count). The Labute approximate surface area is 109 Å². The highest BCUT2D eigenvalue weighted by Crippen LogP contribution is 2.20. The Morgan fingerprint density at radius 3 is 2.68 bits per heavy atom. The van der Waals surface area contributed by atoms with Crippen molar-refractivity contribution in [2.75, 3.05) is 11.9 Å². The normalized spacial score (nSPS) is 10.2. The van der Waals surface area contributed by atoms with Crippen molar-refractivity contribution in [3.63, 3.8) is 0 Å². The lowest BCUT2D eigenvalue weighted by Crippen LogP contribution is -2.08. The first-order chi connectivity index (χ1) is 9.16. The zero-order chi connectivity index (χ0) is 13.7. The van der Waals surface area contributed by atoms with Gasteiger partial charge in [-0.3, -0.25) is 10.1 Å². The van der Waals surface area contributed by atoms with E-state index < -0.39 is 4.92 Å². The Balaban J connectivity index is 1.96. The number of benzene rings is 1. The molecule has 0 amide bonds. The molecule has 5 nitrogen and oxygen atoms in total. The summed E-state index contributed by atoms with van der Waals surface area (Å²) in [6, 6.07) is 9.06. The van der Waals surface area contributed by atoms with Gasteiger partial charge in [-0.2, -0.15) is 0 Å². The lowest BCUT2D eigenvalue weighted by atomic mass is 10.1. The van der Waals surface area contributed by atoms with E-state index in [2.05, 4.69) is 10.3 Å². The molecule has 0 radical (unpaired) electrons. The smallest absolute Gasteiger partial charge is 0.311 e. The summed E-state index contributed by atoms with van der Waals surface area (Å²) >= 11 is 0. The monoisotopic (exact) mass is 261 g/mol. The fourth-order valence-electron chi connectivity index (χ4n) is 1.66. The number of nitrogens with one attached hydrogen (secondary N) is 1. The summed E-state index contributed by atoms with van der Waals surface area (Å²) in [5, 5.41) is 13.7. The number of nitro groups is 1. The standard InChI is InChI=1S/C13H12FN3O2/c14-11-5-3-10(4-6-11)7-9-16-13-12(17(18)19)2-1-8-15-13/h1-6,8H,7,9H2,(H,15,16). The number of halogens is 1. The van der Waals surface area contributed by atoms with Crippen molar-refractivity contribution in [1.82, 2.24) is 4.98 Å². The summed E-state index contributed by atoms with van der Waals surface area (Å²) in [7, 11) is 0. The Morgan fingerprint density at radius 2 is 2.00 bits per heavy atom. The van der Waals surface area contributed by atoms with E-state index in [0.29, 0.717) is 13.0 Å². The molecule has 1 aromatic heterocycles. The minimum absolute atomic E-state index is 0.0541. The van der Waals surface area contributed by atoms with Gasteiger partial charge in [-0.15, -0.1) is 0 Å². The summed E-state index contributed by atoms with van der Waals surface area (Å²) in [5.74, 6) is -0.0355. The Morgan fingerprint density at radius 1 is 1.26 bits per heavy atom. The van der Waals surface area contributed by atoms with E-state index in [9.17, 15) is 14.5 Å². The van der Waals surface area contributed by atoms with Crippen LogP contribution in [0.2, 0.25) is 0 Å². The third-order valence-electron chi connectivity index (χ3n) is 2.60. The van der Waals surface area contributed by atoms with Gasteiger partial charge in [0.1, 0.15) is 5.82 Å². The first-order valence-electron chi connectivity index (χ1n) is 5.74. The van der Waals surface area contributed by atoms with Gasteiger partial charge in [0.25, 0.3) is 0 Å². The van der Waals surface area contributed by atoms with Gasteiger partial charge in [-0.05, 0) is 30.2 Å². The zero-order valence-corrected chi connectivity index (χ0v) is 10.0. The lowest BCUT2D eigenvalue weighted by Gasteiger charge is -2.05. The molecule has 0 spiro atoms. The number of nitrogens with zero attached hydrogens (tertiary/aromatic N) is 2. The SMILES string of the molecule is O=[N+]([O-])c1cccnc1NCCc1ccc(F)cc1. The van der Waals surface area contributed by atoms with Crippen molar-refractivity contribution >= 4 is 11.5 Å². The number of hydrogen-bond acceptors (Lipinski definition) is 4. The lowest BCUT2D eigenvalue weighted by molar-refractivity contribution is -0.384. The maximum absolute atomic E-state index is 12.7. The maximum Gasteiger partial charge on any atom is 0.311 e. The van der Waals surface area contributed by atoms with Gasteiger partial charge in [0.15, 0.2) is 0 Å². The molecule has 0 saturated heterocycles. The van der Waals surface area contributed by atoms with Crippen molar-refractivity contribution in [3.8, 4) is 0 Å². The average Bonchev–Trinajstić information content (AvgIpc) is 2.41. The van der Waals surface area contributed by atoms with Crippen LogP contribution in [0.4, 0.5) is 15.9 Å². The second-order valence-corrected chi connectivity index (χ2v) is 3.93. The van der Waals surface area contributed by atoms with E-state index in [4.69, 9.17) is 0 Å². The van der Waals surface area contributed by atoms with Gasteiger partial charge in [0.2, 0.25) is 5.82 Å². The summed E-state index contributed by atoms with van der Waals surface area (Å²) in [6.45, 7) is 0.490. The minimum Gasteiger partial charge on any atom is -0.364 e. The molecule has 0 aliphatic carbocycles. The number of aromatic nitrogens is 1. The fourth-order valence-corrected chi connectivity index (χ4v) is 1.66. The van der Waals surface area contributed by atoms with Crippen LogP contribution in [0.1, 0.15) is 5.56 Å². The third-order valence-corrected chi connectivity index (χ3v) is 2.60.